The molecular formula is C22H21ClN2O4S. The van der Waals surface area contributed by atoms with Gasteiger partial charge in [-0.05, 0) is 37.6 Å². The first-order valence-corrected chi connectivity index (χ1v) is 10.5. The van der Waals surface area contributed by atoms with Gasteiger partial charge in [0.05, 0.1) is 16.4 Å². The molecule has 1 aromatic heterocycles. The molecule has 0 saturated carbocycles. The quantitative estimate of drug-likeness (QED) is 0.467. The second kappa shape index (κ2) is 9.73. The Balaban J connectivity index is 1.62. The van der Waals surface area contributed by atoms with Crippen LogP contribution < -0.4 is 9.64 Å². The maximum absolute atomic E-state index is 12.3. The normalized spacial score (nSPS) is 10.5. The molecule has 1 amide bonds. The Morgan fingerprint density at radius 3 is 2.63 bits per heavy atom. The molecule has 0 aliphatic rings. The summed E-state index contributed by atoms with van der Waals surface area (Å²) in [7, 11) is 0. The first-order chi connectivity index (χ1) is 14.3. The Morgan fingerprint density at radius 2 is 1.93 bits per heavy atom. The summed E-state index contributed by atoms with van der Waals surface area (Å²) < 4.78 is 10.6. The molecule has 3 aromatic rings. The van der Waals surface area contributed by atoms with E-state index in [-0.39, 0.29) is 19.1 Å². The standard InChI is InChI=1S/C22H21ClN2O4S/c1-14-8-9-19(15(2)10-14)25(16(3)26)22-24-17(13-30-22)11-29-21(27)12-28-20-7-5-4-6-18(20)23/h4-10,13H,11-12H2,1-3H3. The van der Waals surface area contributed by atoms with Gasteiger partial charge in [-0.2, -0.15) is 0 Å². The molecule has 3 rings (SSSR count). The highest BCUT2D eigenvalue weighted by molar-refractivity contribution is 7.14. The van der Waals surface area contributed by atoms with E-state index in [1.165, 1.54) is 18.3 Å². The van der Waals surface area contributed by atoms with Crippen LogP contribution in [-0.2, 0) is 20.9 Å². The lowest BCUT2D eigenvalue weighted by Crippen LogP contribution is -2.23. The number of benzene rings is 2. The molecule has 8 heteroatoms. The number of para-hydroxylation sites is 1. The van der Waals surface area contributed by atoms with Crippen LogP contribution in [0.15, 0.2) is 47.8 Å². The van der Waals surface area contributed by atoms with Gasteiger partial charge in [0.2, 0.25) is 5.91 Å². The molecule has 0 atom stereocenters. The molecule has 0 unspecified atom stereocenters. The Kier molecular flexibility index (Phi) is 7.07. The average molecular weight is 445 g/mol. The predicted molar refractivity (Wildman–Crippen MR) is 118 cm³/mol. The fourth-order valence-electron chi connectivity index (χ4n) is 2.82. The van der Waals surface area contributed by atoms with Crippen molar-refractivity contribution in [2.24, 2.45) is 0 Å². The van der Waals surface area contributed by atoms with E-state index in [0.717, 1.165) is 16.8 Å². The van der Waals surface area contributed by atoms with Crippen LogP contribution in [0.4, 0.5) is 10.8 Å². The van der Waals surface area contributed by atoms with Gasteiger partial charge in [0, 0.05) is 12.3 Å². The van der Waals surface area contributed by atoms with Crippen LogP contribution in [-0.4, -0.2) is 23.5 Å². The van der Waals surface area contributed by atoms with Crippen molar-refractivity contribution in [1.82, 2.24) is 4.98 Å². The van der Waals surface area contributed by atoms with Gasteiger partial charge in [-0.3, -0.25) is 9.69 Å². The summed E-state index contributed by atoms with van der Waals surface area (Å²) in [6.45, 7) is 5.17. The maximum atomic E-state index is 12.3. The molecule has 0 radical (unpaired) electrons. The fourth-order valence-corrected chi connectivity index (χ4v) is 3.88. The Morgan fingerprint density at radius 1 is 1.17 bits per heavy atom. The molecule has 156 valence electrons. The fraction of sp³-hybridized carbons (Fsp3) is 0.227. The minimum atomic E-state index is -0.540. The van der Waals surface area contributed by atoms with Crippen LogP contribution in [0, 0.1) is 13.8 Å². The highest BCUT2D eigenvalue weighted by Crippen LogP contribution is 2.32. The first kappa shape index (κ1) is 21.8. The van der Waals surface area contributed by atoms with E-state index >= 15 is 0 Å². The number of halogens is 1. The minimum Gasteiger partial charge on any atom is -0.480 e. The molecule has 0 aliphatic carbocycles. The molecule has 30 heavy (non-hydrogen) atoms. The lowest BCUT2D eigenvalue weighted by Gasteiger charge is -2.20. The lowest BCUT2D eigenvalue weighted by molar-refractivity contribution is -0.147. The van der Waals surface area contributed by atoms with Crippen molar-refractivity contribution in [3.63, 3.8) is 0 Å². The Labute approximate surface area is 184 Å². The lowest BCUT2D eigenvalue weighted by atomic mass is 10.1. The molecule has 0 saturated heterocycles. The number of carbonyl (C=O) groups is 2. The highest BCUT2D eigenvalue weighted by Gasteiger charge is 2.20. The summed E-state index contributed by atoms with van der Waals surface area (Å²) in [6.07, 6.45) is 0. The SMILES string of the molecule is CC(=O)N(c1nc(COC(=O)COc2ccccc2Cl)cs1)c1ccc(C)cc1C. The number of nitrogens with zero attached hydrogens (tertiary/aromatic N) is 2. The number of rotatable bonds is 7. The summed E-state index contributed by atoms with van der Waals surface area (Å²) >= 11 is 7.30. The van der Waals surface area contributed by atoms with Gasteiger partial charge >= 0.3 is 5.97 Å². The molecule has 0 bridgehead atoms. The molecule has 0 aliphatic heterocycles. The third-order valence-corrected chi connectivity index (χ3v) is 5.39. The van der Waals surface area contributed by atoms with Gasteiger partial charge in [-0.1, -0.05) is 41.4 Å². The smallest absolute Gasteiger partial charge is 0.344 e. The summed E-state index contributed by atoms with van der Waals surface area (Å²) in [6, 6.07) is 12.8. The van der Waals surface area contributed by atoms with Crippen LogP contribution in [0.25, 0.3) is 0 Å². The summed E-state index contributed by atoms with van der Waals surface area (Å²) in [5, 5.41) is 2.70. The van der Waals surface area contributed by atoms with E-state index in [1.807, 2.05) is 32.0 Å². The van der Waals surface area contributed by atoms with Crippen molar-refractivity contribution in [3.8, 4) is 5.75 Å². The van der Waals surface area contributed by atoms with Crippen LogP contribution in [0.5, 0.6) is 5.75 Å². The monoisotopic (exact) mass is 444 g/mol. The van der Waals surface area contributed by atoms with Crippen molar-refractivity contribution in [1.29, 1.82) is 0 Å². The largest absolute Gasteiger partial charge is 0.480 e. The van der Waals surface area contributed by atoms with Crippen molar-refractivity contribution < 1.29 is 19.1 Å². The number of ether oxygens (including phenoxy) is 2. The van der Waals surface area contributed by atoms with Crippen LogP contribution in [0.2, 0.25) is 5.02 Å². The molecule has 0 N–H and O–H groups in total. The van der Waals surface area contributed by atoms with E-state index in [9.17, 15) is 9.59 Å². The number of aryl methyl sites for hydroxylation is 2. The molecule has 6 nitrogen and oxygen atoms in total. The van der Waals surface area contributed by atoms with Gasteiger partial charge in [0.1, 0.15) is 12.4 Å². The zero-order valence-corrected chi connectivity index (χ0v) is 18.4. The number of hydrogen-bond donors (Lipinski definition) is 0. The third kappa shape index (κ3) is 5.37. The van der Waals surface area contributed by atoms with E-state index in [0.29, 0.717) is 21.6 Å². The molecule has 2 aromatic carbocycles. The molecular weight excluding hydrogens is 424 g/mol. The minimum absolute atomic E-state index is 0.0140. The molecule has 1 heterocycles. The van der Waals surface area contributed by atoms with Gasteiger partial charge in [-0.15, -0.1) is 11.3 Å². The van der Waals surface area contributed by atoms with E-state index in [4.69, 9.17) is 21.1 Å². The molecule has 0 fully saturated rings. The van der Waals surface area contributed by atoms with Crippen molar-refractivity contribution in [2.45, 2.75) is 27.4 Å². The van der Waals surface area contributed by atoms with Crippen LogP contribution in [0.1, 0.15) is 23.7 Å². The molecule has 0 spiro atoms. The number of hydrogen-bond acceptors (Lipinski definition) is 6. The Hall–Kier alpha value is -2.90. The average Bonchev–Trinajstić information content (AvgIpc) is 3.16. The predicted octanol–water partition coefficient (Wildman–Crippen LogP) is 5.22. The third-order valence-electron chi connectivity index (χ3n) is 4.20. The number of esters is 1. The number of amides is 1. The highest BCUT2D eigenvalue weighted by atomic mass is 35.5. The number of carbonyl (C=O) groups excluding carboxylic acids is 2. The maximum Gasteiger partial charge on any atom is 0.344 e. The van der Waals surface area contributed by atoms with E-state index < -0.39 is 5.97 Å². The number of aromatic nitrogens is 1. The number of anilines is 2. The topological polar surface area (TPSA) is 68.7 Å². The van der Waals surface area contributed by atoms with Crippen LogP contribution in [0.3, 0.4) is 0 Å². The summed E-state index contributed by atoms with van der Waals surface area (Å²) in [5.74, 6) is -0.270. The van der Waals surface area contributed by atoms with Gasteiger partial charge in [-0.25, -0.2) is 9.78 Å². The second-order valence-corrected chi connectivity index (χ2v) is 7.89. The summed E-state index contributed by atoms with van der Waals surface area (Å²) in [4.78, 5) is 30.3. The number of thiazole rings is 1. The van der Waals surface area contributed by atoms with Crippen molar-refractivity contribution >= 4 is 45.6 Å². The Bertz CT molecular complexity index is 1070. The second-order valence-electron chi connectivity index (χ2n) is 6.65. The van der Waals surface area contributed by atoms with Gasteiger partial charge in [0.15, 0.2) is 11.7 Å². The zero-order chi connectivity index (χ0) is 21.7. The van der Waals surface area contributed by atoms with E-state index in [1.54, 1.807) is 34.5 Å². The first-order valence-electron chi connectivity index (χ1n) is 9.20. The zero-order valence-electron chi connectivity index (χ0n) is 16.8. The van der Waals surface area contributed by atoms with Gasteiger partial charge < -0.3 is 9.47 Å². The van der Waals surface area contributed by atoms with E-state index in [2.05, 4.69) is 4.98 Å². The van der Waals surface area contributed by atoms with Crippen molar-refractivity contribution in [2.75, 3.05) is 11.5 Å². The van der Waals surface area contributed by atoms with Gasteiger partial charge in [0.25, 0.3) is 0 Å². The summed E-state index contributed by atoms with van der Waals surface area (Å²) in [5.41, 5.74) is 3.42. The van der Waals surface area contributed by atoms with Crippen molar-refractivity contribution in [3.05, 3.63) is 69.7 Å². The van der Waals surface area contributed by atoms with Crippen LogP contribution >= 0.6 is 22.9 Å².